The van der Waals surface area contributed by atoms with E-state index in [0.717, 1.165) is 19.5 Å². The van der Waals surface area contributed by atoms with Gasteiger partial charge in [0.2, 0.25) is 5.91 Å². The van der Waals surface area contributed by atoms with Crippen molar-refractivity contribution in [2.75, 3.05) is 26.7 Å². The van der Waals surface area contributed by atoms with E-state index in [4.69, 9.17) is 0 Å². The molecule has 1 aromatic rings. The van der Waals surface area contributed by atoms with Gasteiger partial charge in [-0.15, -0.1) is 0 Å². The minimum Gasteiger partial charge on any atom is -0.354 e. The topological polar surface area (TPSA) is 61.4 Å². The van der Waals surface area contributed by atoms with Crippen LogP contribution in [0.5, 0.6) is 0 Å². The lowest BCUT2D eigenvalue weighted by molar-refractivity contribution is -0.124. The van der Waals surface area contributed by atoms with Crippen LogP contribution >= 0.6 is 0 Å². The molecule has 2 N–H and O–H groups in total. The lowest BCUT2D eigenvalue weighted by Crippen LogP contribution is -2.50. The Morgan fingerprint density at radius 1 is 1.10 bits per heavy atom. The molecule has 1 atom stereocenters. The fourth-order valence-electron chi connectivity index (χ4n) is 3.74. The van der Waals surface area contributed by atoms with Crippen LogP contribution in [0.3, 0.4) is 0 Å². The second-order valence-corrected chi connectivity index (χ2v) is 9.85. The largest absolute Gasteiger partial charge is 0.354 e. The first-order valence-electron chi connectivity index (χ1n) is 11.0. The molecule has 0 radical (unpaired) electrons. The highest BCUT2D eigenvalue weighted by Crippen LogP contribution is 2.22. The molecule has 1 saturated heterocycles. The summed E-state index contributed by atoms with van der Waals surface area (Å²) in [6.45, 7) is 13.3. The first kappa shape index (κ1) is 23.4. The lowest BCUT2D eigenvalue weighted by Gasteiger charge is -2.29. The average Bonchev–Trinajstić information content (AvgIpc) is 2.66. The van der Waals surface area contributed by atoms with Gasteiger partial charge in [-0.1, -0.05) is 46.8 Å². The second-order valence-electron chi connectivity index (χ2n) is 9.85. The van der Waals surface area contributed by atoms with Crippen LogP contribution in [0.25, 0.3) is 0 Å². The normalized spacial score (nSPS) is 17.2. The van der Waals surface area contributed by atoms with Crippen molar-refractivity contribution in [2.45, 2.75) is 65.3 Å². The number of hydrogen-bond acceptors (Lipinski definition) is 3. The van der Waals surface area contributed by atoms with E-state index in [9.17, 15) is 9.59 Å². The first-order valence-corrected chi connectivity index (χ1v) is 11.0. The molecule has 0 bridgehead atoms. The molecule has 0 aliphatic carbocycles. The van der Waals surface area contributed by atoms with Gasteiger partial charge in [-0.25, -0.2) is 0 Å². The van der Waals surface area contributed by atoms with Crippen molar-refractivity contribution in [1.82, 2.24) is 15.5 Å². The Kier molecular flexibility index (Phi) is 8.26. The summed E-state index contributed by atoms with van der Waals surface area (Å²) in [5, 5.41) is 5.97. The minimum atomic E-state index is -0.526. The third-order valence-electron chi connectivity index (χ3n) is 5.94. The summed E-state index contributed by atoms with van der Waals surface area (Å²) in [7, 11) is 2.16. The van der Waals surface area contributed by atoms with E-state index >= 15 is 0 Å². The summed E-state index contributed by atoms with van der Waals surface area (Å²) in [6.07, 6.45) is 3.40. The summed E-state index contributed by atoms with van der Waals surface area (Å²) in [5.74, 6) is 0.415. The van der Waals surface area contributed by atoms with Crippen LogP contribution in [0.2, 0.25) is 0 Å². The summed E-state index contributed by atoms with van der Waals surface area (Å²) in [4.78, 5) is 27.7. The van der Waals surface area contributed by atoms with Crippen molar-refractivity contribution in [3.8, 4) is 0 Å². The zero-order chi connectivity index (χ0) is 21.6. The van der Waals surface area contributed by atoms with Gasteiger partial charge in [-0.2, -0.15) is 0 Å². The van der Waals surface area contributed by atoms with Crippen LogP contribution in [0.4, 0.5) is 0 Å². The molecule has 5 heteroatoms. The molecular weight excluding hydrogens is 362 g/mol. The van der Waals surface area contributed by atoms with Crippen LogP contribution in [0, 0.1) is 11.8 Å². The Labute approximate surface area is 176 Å². The molecule has 2 rings (SSSR count). The SMILES string of the molecule is CC(C)C(NC(=O)c1ccc(C(C)(C)C)cc1)C(=O)NCCC1CCN(C)CC1. The molecule has 1 aliphatic rings. The maximum atomic E-state index is 12.7. The van der Waals surface area contributed by atoms with Gasteiger partial charge >= 0.3 is 0 Å². The summed E-state index contributed by atoms with van der Waals surface area (Å²) in [6, 6.07) is 7.13. The van der Waals surface area contributed by atoms with Crippen molar-refractivity contribution in [3.05, 3.63) is 35.4 Å². The minimum absolute atomic E-state index is 0.0242. The second kappa shape index (κ2) is 10.2. The highest BCUT2D eigenvalue weighted by atomic mass is 16.2. The van der Waals surface area contributed by atoms with E-state index in [1.165, 1.54) is 18.4 Å². The Bertz CT molecular complexity index is 668. The Hall–Kier alpha value is -1.88. The smallest absolute Gasteiger partial charge is 0.251 e. The van der Waals surface area contributed by atoms with Crippen molar-refractivity contribution < 1.29 is 9.59 Å². The zero-order valence-corrected chi connectivity index (χ0v) is 19.0. The molecule has 5 nitrogen and oxygen atoms in total. The van der Waals surface area contributed by atoms with E-state index in [1.54, 1.807) is 0 Å². The fraction of sp³-hybridized carbons (Fsp3) is 0.667. The van der Waals surface area contributed by atoms with Gasteiger partial charge in [0.25, 0.3) is 5.91 Å². The predicted octanol–water partition coefficient (Wildman–Crippen LogP) is 3.59. The van der Waals surface area contributed by atoms with E-state index < -0.39 is 6.04 Å². The van der Waals surface area contributed by atoms with Crippen LogP contribution in [-0.2, 0) is 10.2 Å². The number of nitrogens with zero attached hydrogens (tertiary/aromatic N) is 1. The Morgan fingerprint density at radius 2 is 1.69 bits per heavy atom. The molecule has 2 amide bonds. The van der Waals surface area contributed by atoms with Crippen molar-refractivity contribution in [3.63, 3.8) is 0 Å². The van der Waals surface area contributed by atoms with Gasteiger partial charge in [-0.3, -0.25) is 9.59 Å². The number of benzene rings is 1. The maximum Gasteiger partial charge on any atom is 0.251 e. The third-order valence-corrected chi connectivity index (χ3v) is 5.94. The van der Waals surface area contributed by atoms with Gasteiger partial charge in [0, 0.05) is 12.1 Å². The first-order chi connectivity index (χ1) is 13.6. The number of amides is 2. The molecule has 0 saturated carbocycles. The molecule has 0 spiro atoms. The summed E-state index contributed by atoms with van der Waals surface area (Å²) < 4.78 is 0. The zero-order valence-electron chi connectivity index (χ0n) is 19.0. The number of likely N-dealkylation sites (tertiary alicyclic amines) is 1. The molecule has 29 heavy (non-hydrogen) atoms. The molecule has 0 aromatic heterocycles. The summed E-state index contributed by atoms with van der Waals surface area (Å²) in [5.41, 5.74) is 1.81. The van der Waals surface area contributed by atoms with Crippen LogP contribution in [0.1, 0.15) is 69.8 Å². The maximum absolute atomic E-state index is 12.7. The van der Waals surface area contributed by atoms with E-state index in [0.29, 0.717) is 18.0 Å². The number of hydrogen-bond donors (Lipinski definition) is 2. The number of nitrogens with one attached hydrogen (secondary N) is 2. The van der Waals surface area contributed by atoms with E-state index in [-0.39, 0.29) is 23.1 Å². The summed E-state index contributed by atoms with van der Waals surface area (Å²) >= 11 is 0. The monoisotopic (exact) mass is 401 g/mol. The van der Waals surface area contributed by atoms with Crippen molar-refractivity contribution in [2.24, 2.45) is 11.8 Å². The molecule has 162 valence electrons. The molecule has 1 aliphatic heterocycles. The highest BCUT2D eigenvalue weighted by molar-refractivity contribution is 5.97. The number of piperidine rings is 1. The van der Waals surface area contributed by atoms with Gasteiger partial charge in [0.1, 0.15) is 6.04 Å². The molecule has 1 heterocycles. The average molecular weight is 402 g/mol. The van der Waals surface area contributed by atoms with Crippen molar-refractivity contribution in [1.29, 1.82) is 0 Å². The standard InChI is InChI=1S/C24H39N3O2/c1-17(2)21(23(29)25-14-11-18-12-15-27(6)16-13-18)26-22(28)19-7-9-20(10-8-19)24(3,4)5/h7-10,17-18,21H,11-16H2,1-6H3,(H,25,29)(H,26,28). The van der Waals surface area contributed by atoms with Gasteiger partial charge in [0.15, 0.2) is 0 Å². The fourth-order valence-corrected chi connectivity index (χ4v) is 3.74. The van der Waals surface area contributed by atoms with Gasteiger partial charge < -0.3 is 15.5 Å². The van der Waals surface area contributed by atoms with Gasteiger partial charge in [0.05, 0.1) is 0 Å². The van der Waals surface area contributed by atoms with Crippen LogP contribution < -0.4 is 10.6 Å². The van der Waals surface area contributed by atoms with Gasteiger partial charge in [-0.05, 0) is 74.3 Å². The molecular formula is C24H39N3O2. The molecule has 1 aromatic carbocycles. The number of rotatable bonds is 7. The van der Waals surface area contributed by atoms with Crippen LogP contribution in [0.15, 0.2) is 24.3 Å². The Balaban J connectivity index is 1.88. The number of carbonyl (C=O) groups is 2. The quantitative estimate of drug-likeness (QED) is 0.734. The number of carbonyl (C=O) groups excluding carboxylic acids is 2. The highest BCUT2D eigenvalue weighted by Gasteiger charge is 2.25. The Morgan fingerprint density at radius 3 is 2.21 bits per heavy atom. The third kappa shape index (κ3) is 7.14. The van der Waals surface area contributed by atoms with E-state index in [2.05, 4.69) is 43.4 Å². The van der Waals surface area contributed by atoms with E-state index in [1.807, 2.05) is 38.1 Å². The molecule has 1 unspecified atom stereocenters. The van der Waals surface area contributed by atoms with Crippen molar-refractivity contribution >= 4 is 11.8 Å². The molecule has 1 fully saturated rings. The predicted molar refractivity (Wildman–Crippen MR) is 119 cm³/mol. The lowest BCUT2D eigenvalue weighted by atomic mass is 9.86. The van der Waals surface area contributed by atoms with Crippen LogP contribution in [-0.4, -0.2) is 49.4 Å².